The summed E-state index contributed by atoms with van der Waals surface area (Å²) in [5.41, 5.74) is 0.580. The van der Waals surface area contributed by atoms with Crippen LogP contribution in [0.4, 0.5) is 18.9 Å². The van der Waals surface area contributed by atoms with Crippen molar-refractivity contribution in [3.05, 3.63) is 65.2 Å². The van der Waals surface area contributed by atoms with Gasteiger partial charge in [-0.1, -0.05) is 24.3 Å². The van der Waals surface area contributed by atoms with Crippen molar-refractivity contribution in [1.82, 2.24) is 0 Å². The number of rotatable bonds is 5. The Labute approximate surface area is 142 Å². The van der Waals surface area contributed by atoms with E-state index in [0.29, 0.717) is 16.8 Å². The fourth-order valence-electron chi connectivity index (χ4n) is 2.12. The van der Waals surface area contributed by atoms with E-state index in [-0.39, 0.29) is 12.2 Å². The summed E-state index contributed by atoms with van der Waals surface area (Å²) in [6.07, 6.45) is -4.50. The highest BCUT2D eigenvalue weighted by molar-refractivity contribution is 7.88. The maximum atomic E-state index is 12.5. The first-order valence-corrected chi connectivity index (χ1v) is 8.80. The molecule has 2 aromatic carbocycles. The van der Waals surface area contributed by atoms with Crippen LogP contribution in [0.15, 0.2) is 48.5 Å². The van der Waals surface area contributed by atoms with Crippen molar-refractivity contribution in [2.24, 2.45) is 5.14 Å². The molecule has 0 saturated heterocycles. The molecule has 0 spiro atoms. The number of primary sulfonamides is 1. The van der Waals surface area contributed by atoms with Gasteiger partial charge < -0.3 is 5.32 Å². The Kier molecular flexibility index (Phi) is 5.48. The first-order chi connectivity index (χ1) is 11.5. The predicted molar refractivity (Wildman–Crippen MR) is 87.0 cm³/mol. The smallest absolute Gasteiger partial charge is 0.326 e. The number of halogens is 3. The largest absolute Gasteiger partial charge is 0.416 e. The van der Waals surface area contributed by atoms with E-state index in [9.17, 15) is 26.4 Å². The predicted octanol–water partition coefficient (Wildman–Crippen LogP) is 2.68. The van der Waals surface area contributed by atoms with E-state index >= 15 is 0 Å². The molecule has 0 aliphatic rings. The summed E-state index contributed by atoms with van der Waals surface area (Å²) in [5, 5.41) is 7.53. The molecule has 2 rings (SSSR count). The van der Waals surface area contributed by atoms with Crippen LogP contribution in [0.5, 0.6) is 0 Å². The molecule has 0 fully saturated rings. The Hall–Kier alpha value is -2.39. The number of amides is 1. The maximum absolute atomic E-state index is 12.5. The third-order valence-electron chi connectivity index (χ3n) is 3.25. The van der Waals surface area contributed by atoms with Gasteiger partial charge in [-0.3, -0.25) is 4.79 Å². The summed E-state index contributed by atoms with van der Waals surface area (Å²) in [4.78, 5) is 11.9. The lowest BCUT2D eigenvalue weighted by Gasteiger charge is -2.09. The standard InChI is InChI=1S/C16H15F3N2O3S/c17-16(18,19)13-5-1-11(2-6-13)9-15(22)21-14-7-3-12(4-8-14)10-25(20,23)24/h1-8H,9-10H2,(H,21,22)(H2,20,23,24). The van der Waals surface area contributed by atoms with E-state index in [1.165, 1.54) is 36.4 Å². The molecule has 0 radical (unpaired) electrons. The van der Waals surface area contributed by atoms with E-state index in [2.05, 4.69) is 5.32 Å². The minimum Gasteiger partial charge on any atom is -0.326 e. The molecule has 0 atom stereocenters. The number of hydrogen-bond donors (Lipinski definition) is 2. The van der Waals surface area contributed by atoms with Gasteiger partial charge in [0, 0.05) is 5.69 Å². The van der Waals surface area contributed by atoms with Gasteiger partial charge in [-0.25, -0.2) is 13.6 Å². The number of alkyl halides is 3. The second kappa shape index (κ2) is 7.24. The summed E-state index contributed by atoms with van der Waals surface area (Å²) >= 11 is 0. The van der Waals surface area contributed by atoms with E-state index in [1.807, 2.05) is 0 Å². The molecule has 0 aromatic heterocycles. The SMILES string of the molecule is NS(=O)(=O)Cc1ccc(NC(=O)Cc2ccc(C(F)(F)F)cc2)cc1. The van der Waals surface area contributed by atoms with Crippen molar-refractivity contribution in [3.63, 3.8) is 0 Å². The Balaban J connectivity index is 1.96. The number of hydrogen-bond acceptors (Lipinski definition) is 3. The van der Waals surface area contributed by atoms with Gasteiger partial charge in [0.15, 0.2) is 0 Å². The molecule has 2 aromatic rings. The van der Waals surface area contributed by atoms with Gasteiger partial charge in [-0.2, -0.15) is 13.2 Å². The molecule has 3 N–H and O–H groups in total. The second-order valence-electron chi connectivity index (χ2n) is 5.42. The molecule has 0 unspecified atom stereocenters. The fraction of sp³-hybridized carbons (Fsp3) is 0.188. The maximum Gasteiger partial charge on any atom is 0.416 e. The lowest BCUT2D eigenvalue weighted by atomic mass is 10.1. The highest BCUT2D eigenvalue weighted by atomic mass is 32.2. The van der Waals surface area contributed by atoms with Gasteiger partial charge >= 0.3 is 6.18 Å². The molecule has 0 aliphatic carbocycles. The molecule has 0 aliphatic heterocycles. The first-order valence-electron chi connectivity index (χ1n) is 7.08. The van der Waals surface area contributed by atoms with Crippen LogP contribution >= 0.6 is 0 Å². The molecule has 1 amide bonds. The molecule has 0 heterocycles. The Morgan fingerprint density at radius 2 is 1.48 bits per heavy atom. The van der Waals surface area contributed by atoms with Gasteiger partial charge in [-0.05, 0) is 35.4 Å². The van der Waals surface area contributed by atoms with Gasteiger partial charge in [0.1, 0.15) is 0 Å². The average Bonchev–Trinajstić information content (AvgIpc) is 2.47. The molecule has 0 bridgehead atoms. The second-order valence-corrected chi connectivity index (χ2v) is 7.04. The molecule has 25 heavy (non-hydrogen) atoms. The zero-order valence-corrected chi connectivity index (χ0v) is 13.7. The molecular formula is C16H15F3N2O3S. The van der Waals surface area contributed by atoms with Crippen molar-refractivity contribution in [2.45, 2.75) is 18.3 Å². The number of sulfonamides is 1. The van der Waals surface area contributed by atoms with Crippen LogP contribution in [0.25, 0.3) is 0 Å². The number of carbonyl (C=O) groups is 1. The Morgan fingerprint density at radius 1 is 0.960 bits per heavy atom. The summed E-state index contributed by atoms with van der Waals surface area (Å²) < 4.78 is 59.4. The Bertz CT molecular complexity index is 846. The number of carbonyl (C=O) groups excluding carboxylic acids is 1. The van der Waals surface area contributed by atoms with Crippen LogP contribution in [0.1, 0.15) is 16.7 Å². The summed E-state index contributed by atoms with van der Waals surface area (Å²) in [5.74, 6) is -0.716. The minimum absolute atomic E-state index is 0.0862. The summed E-state index contributed by atoms with van der Waals surface area (Å²) in [7, 11) is -3.64. The van der Waals surface area contributed by atoms with Crippen molar-refractivity contribution in [3.8, 4) is 0 Å². The number of nitrogens with one attached hydrogen (secondary N) is 1. The monoisotopic (exact) mass is 372 g/mol. The number of benzene rings is 2. The molecule has 5 nitrogen and oxygen atoms in total. The topological polar surface area (TPSA) is 89.3 Å². The van der Waals surface area contributed by atoms with Crippen LogP contribution in [-0.2, 0) is 33.2 Å². The van der Waals surface area contributed by atoms with Crippen LogP contribution in [-0.4, -0.2) is 14.3 Å². The first kappa shape index (κ1) is 18.9. The number of anilines is 1. The zero-order chi connectivity index (χ0) is 18.7. The molecular weight excluding hydrogens is 357 g/mol. The third kappa shape index (κ3) is 6.20. The van der Waals surface area contributed by atoms with E-state index in [0.717, 1.165) is 12.1 Å². The lowest BCUT2D eigenvalue weighted by Crippen LogP contribution is -2.15. The van der Waals surface area contributed by atoms with Gasteiger partial charge in [0.05, 0.1) is 17.7 Å². The highest BCUT2D eigenvalue weighted by Gasteiger charge is 2.29. The third-order valence-corrected chi connectivity index (χ3v) is 3.99. The normalized spacial score (nSPS) is 12.0. The van der Waals surface area contributed by atoms with Crippen molar-refractivity contribution < 1.29 is 26.4 Å². The van der Waals surface area contributed by atoms with Crippen molar-refractivity contribution in [1.29, 1.82) is 0 Å². The Morgan fingerprint density at radius 3 is 1.96 bits per heavy atom. The van der Waals surface area contributed by atoms with Crippen LogP contribution < -0.4 is 10.5 Å². The number of nitrogens with two attached hydrogens (primary N) is 1. The summed E-state index contributed by atoms with van der Waals surface area (Å²) in [6.45, 7) is 0. The highest BCUT2D eigenvalue weighted by Crippen LogP contribution is 2.29. The van der Waals surface area contributed by atoms with Crippen molar-refractivity contribution >= 4 is 21.6 Å². The van der Waals surface area contributed by atoms with Crippen LogP contribution in [0, 0.1) is 0 Å². The van der Waals surface area contributed by atoms with E-state index in [1.54, 1.807) is 0 Å². The average molecular weight is 372 g/mol. The van der Waals surface area contributed by atoms with Crippen LogP contribution in [0.2, 0.25) is 0 Å². The van der Waals surface area contributed by atoms with E-state index < -0.39 is 27.7 Å². The molecule has 0 saturated carbocycles. The van der Waals surface area contributed by atoms with Crippen molar-refractivity contribution in [2.75, 3.05) is 5.32 Å². The van der Waals surface area contributed by atoms with Gasteiger partial charge in [0.2, 0.25) is 15.9 Å². The van der Waals surface area contributed by atoms with Gasteiger partial charge in [0.25, 0.3) is 0 Å². The quantitative estimate of drug-likeness (QED) is 0.846. The van der Waals surface area contributed by atoms with E-state index in [4.69, 9.17) is 5.14 Å². The fourth-order valence-corrected chi connectivity index (χ4v) is 2.78. The lowest BCUT2D eigenvalue weighted by molar-refractivity contribution is -0.137. The summed E-state index contributed by atoms with van der Waals surface area (Å²) in [6, 6.07) is 10.4. The minimum atomic E-state index is -4.42. The van der Waals surface area contributed by atoms with Gasteiger partial charge in [-0.15, -0.1) is 0 Å². The zero-order valence-electron chi connectivity index (χ0n) is 12.9. The molecule has 134 valence electrons. The molecule has 9 heteroatoms. The van der Waals surface area contributed by atoms with Crippen LogP contribution in [0.3, 0.4) is 0 Å².